The molecule has 1 amide bonds. The fraction of sp³-hybridized carbons (Fsp3) is 0.400. The second kappa shape index (κ2) is 4.57. The number of hydrogen-bond donors (Lipinski definition) is 2. The Hall–Kier alpha value is -0.170. The van der Waals surface area contributed by atoms with E-state index in [0.29, 0.717) is 5.16 Å². The van der Waals surface area contributed by atoms with E-state index in [4.69, 9.17) is 34.8 Å². The van der Waals surface area contributed by atoms with E-state index in [1.165, 1.54) is 11.8 Å². The Labute approximate surface area is 98.9 Å². The molecule has 2 N–H and O–H groups in total. The van der Waals surface area contributed by atoms with Crippen molar-refractivity contribution in [2.45, 2.75) is 8.95 Å². The molecule has 0 aliphatic carbocycles. The van der Waals surface area contributed by atoms with Crippen molar-refractivity contribution < 1.29 is 4.79 Å². The van der Waals surface area contributed by atoms with Crippen LogP contribution >= 0.6 is 46.6 Å². The third-order valence-corrected chi connectivity index (χ3v) is 2.20. The SMILES string of the molecule is CSc1n[nH]c(NC(=O)C(Cl)(Cl)Cl)n1. The van der Waals surface area contributed by atoms with Crippen LogP contribution in [0.25, 0.3) is 0 Å². The van der Waals surface area contributed by atoms with Gasteiger partial charge in [0, 0.05) is 0 Å². The molecule has 9 heteroatoms. The number of H-pyrrole nitrogens is 1. The molecule has 14 heavy (non-hydrogen) atoms. The van der Waals surface area contributed by atoms with Crippen molar-refractivity contribution in [3.63, 3.8) is 0 Å². The minimum atomic E-state index is -2.01. The summed E-state index contributed by atoms with van der Waals surface area (Å²) in [6, 6.07) is 0. The Morgan fingerprint density at radius 1 is 1.57 bits per heavy atom. The summed E-state index contributed by atoms with van der Waals surface area (Å²) in [6.07, 6.45) is 1.80. The van der Waals surface area contributed by atoms with E-state index in [9.17, 15) is 4.79 Å². The van der Waals surface area contributed by atoms with Crippen LogP contribution in [0.4, 0.5) is 5.95 Å². The zero-order chi connectivity index (χ0) is 10.8. The molecule has 0 unspecified atom stereocenters. The first-order chi connectivity index (χ1) is 6.43. The van der Waals surface area contributed by atoms with Crippen molar-refractivity contribution >= 4 is 58.4 Å². The average molecular weight is 276 g/mol. The van der Waals surface area contributed by atoms with Gasteiger partial charge in [0.1, 0.15) is 0 Å². The maximum atomic E-state index is 11.1. The summed E-state index contributed by atoms with van der Waals surface area (Å²) in [7, 11) is 0. The Morgan fingerprint density at radius 3 is 2.64 bits per heavy atom. The minimum Gasteiger partial charge on any atom is -0.291 e. The van der Waals surface area contributed by atoms with E-state index in [-0.39, 0.29) is 5.95 Å². The van der Waals surface area contributed by atoms with Crippen molar-refractivity contribution in [3.05, 3.63) is 0 Å². The van der Waals surface area contributed by atoms with E-state index in [1.807, 2.05) is 0 Å². The zero-order valence-electron chi connectivity index (χ0n) is 6.84. The molecular formula is C5H5Cl3N4OS. The standard InChI is InChI=1S/C5H5Cl3N4OS/c1-14-4-10-3(11-12-4)9-2(13)5(6,7)8/h1H3,(H2,9,10,11,12,13). The Balaban J connectivity index is 2.65. The predicted octanol–water partition coefficient (Wildman–Crippen LogP) is 1.84. The van der Waals surface area contributed by atoms with Gasteiger partial charge in [-0.3, -0.25) is 10.1 Å². The van der Waals surface area contributed by atoms with E-state index in [2.05, 4.69) is 20.5 Å². The number of anilines is 1. The lowest BCUT2D eigenvalue weighted by Gasteiger charge is -2.08. The van der Waals surface area contributed by atoms with Gasteiger partial charge in [0.15, 0.2) is 0 Å². The highest BCUT2D eigenvalue weighted by atomic mass is 35.6. The van der Waals surface area contributed by atoms with Gasteiger partial charge in [0.2, 0.25) is 11.1 Å². The summed E-state index contributed by atoms with van der Waals surface area (Å²) in [4.78, 5) is 15.0. The molecule has 0 aliphatic heterocycles. The molecule has 0 saturated carbocycles. The van der Waals surface area contributed by atoms with Crippen molar-refractivity contribution in [1.29, 1.82) is 0 Å². The van der Waals surface area contributed by atoms with Gasteiger partial charge in [-0.05, 0) is 6.26 Å². The number of thioether (sulfide) groups is 1. The van der Waals surface area contributed by atoms with Crippen LogP contribution in [-0.2, 0) is 4.79 Å². The van der Waals surface area contributed by atoms with Gasteiger partial charge in [-0.1, -0.05) is 46.6 Å². The van der Waals surface area contributed by atoms with Gasteiger partial charge in [-0.2, -0.15) is 4.98 Å². The normalized spacial score (nSPS) is 11.4. The molecule has 0 aliphatic rings. The number of halogens is 3. The number of amides is 1. The third-order valence-electron chi connectivity index (χ3n) is 1.14. The molecule has 1 aromatic rings. The monoisotopic (exact) mass is 274 g/mol. The lowest BCUT2D eigenvalue weighted by molar-refractivity contribution is -0.115. The number of nitrogens with zero attached hydrogens (tertiary/aromatic N) is 2. The summed E-state index contributed by atoms with van der Waals surface area (Å²) in [5.41, 5.74) is 0. The molecule has 0 bridgehead atoms. The molecule has 0 fully saturated rings. The second-order valence-corrected chi connectivity index (χ2v) is 5.18. The molecule has 1 rings (SSSR count). The van der Waals surface area contributed by atoms with Crippen LogP contribution in [0.5, 0.6) is 0 Å². The highest BCUT2D eigenvalue weighted by molar-refractivity contribution is 7.98. The number of carbonyl (C=O) groups excluding carboxylic acids is 1. The highest BCUT2D eigenvalue weighted by Gasteiger charge is 2.31. The summed E-state index contributed by atoms with van der Waals surface area (Å²) in [5.74, 6) is -0.642. The molecular weight excluding hydrogens is 271 g/mol. The summed E-state index contributed by atoms with van der Waals surface area (Å²) < 4.78 is -2.01. The van der Waals surface area contributed by atoms with Crippen molar-refractivity contribution in [3.8, 4) is 0 Å². The lowest BCUT2D eigenvalue weighted by Crippen LogP contribution is -2.27. The summed E-state index contributed by atoms with van der Waals surface area (Å²) in [5, 5.41) is 8.97. The van der Waals surface area contributed by atoms with E-state index >= 15 is 0 Å². The van der Waals surface area contributed by atoms with Crippen LogP contribution in [0.3, 0.4) is 0 Å². The minimum absolute atomic E-state index is 0.144. The Bertz CT molecular complexity index is 336. The first-order valence-electron chi connectivity index (χ1n) is 3.28. The Kier molecular flexibility index (Phi) is 3.88. The summed E-state index contributed by atoms with van der Waals surface area (Å²) >= 11 is 17.3. The van der Waals surface area contributed by atoms with Crippen LogP contribution in [0.2, 0.25) is 0 Å². The highest BCUT2D eigenvalue weighted by Crippen LogP contribution is 2.27. The van der Waals surface area contributed by atoms with Gasteiger partial charge in [-0.25, -0.2) is 5.10 Å². The fourth-order valence-corrected chi connectivity index (χ4v) is 1.03. The number of alkyl halides is 3. The zero-order valence-corrected chi connectivity index (χ0v) is 9.93. The van der Waals surface area contributed by atoms with Gasteiger partial charge in [0.25, 0.3) is 9.70 Å². The van der Waals surface area contributed by atoms with E-state index in [1.54, 1.807) is 6.26 Å². The second-order valence-electron chi connectivity index (χ2n) is 2.12. The molecule has 0 radical (unpaired) electrons. The van der Waals surface area contributed by atoms with Gasteiger partial charge in [-0.15, -0.1) is 5.10 Å². The molecule has 0 spiro atoms. The first-order valence-corrected chi connectivity index (χ1v) is 5.64. The maximum Gasteiger partial charge on any atom is 0.278 e. The number of nitrogens with one attached hydrogen (secondary N) is 2. The Morgan fingerprint density at radius 2 is 2.21 bits per heavy atom. The van der Waals surface area contributed by atoms with Crippen molar-refractivity contribution in [1.82, 2.24) is 15.2 Å². The topological polar surface area (TPSA) is 70.7 Å². The maximum absolute atomic E-state index is 11.1. The van der Waals surface area contributed by atoms with E-state index < -0.39 is 9.70 Å². The first kappa shape index (κ1) is 11.9. The van der Waals surface area contributed by atoms with Crippen molar-refractivity contribution in [2.75, 3.05) is 11.6 Å². The largest absolute Gasteiger partial charge is 0.291 e. The molecule has 0 atom stereocenters. The van der Waals surface area contributed by atoms with Crippen LogP contribution in [0.1, 0.15) is 0 Å². The predicted molar refractivity (Wildman–Crippen MR) is 57.1 cm³/mol. The molecule has 5 nitrogen and oxygen atoms in total. The number of rotatable bonds is 2. The van der Waals surface area contributed by atoms with Crippen LogP contribution in [0, 0.1) is 0 Å². The molecule has 0 aromatic carbocycles. The van der Waals surface area contributed by atoms with Crippen LogP contribution < -0.4 is 5.32 Å². The molecule has 0 saturated heterocycles. The van der Waals surface area contributed by atoms with Crippen LogP contribution in [-0.4, -0.2) is 31.1 Å². The fourth-order valence-electron chi connectivity index (χ4n) is 0.572. The summed E-state index contributed by atoms with van der Waals surface area (Å²) in [6.45, 7) is 0. The molecule has 78 valence electrons. The van der Waals surface area contributed by atoms with Crippen molar-refractivity contribution in [2.24, 2.45) is 0 Å². The number of aromatic amines is 1. The number of carbonyl (C=O) groups is 1. The quantitative estimate of drug-likeness (QED) is 0.638. The smallest absolute Gasteiger partial charge is 0.278 e. The van der Waals surface area contributed by atoms with Gasteiger partial charge >= 0.3 is 0 Å². The van der Waals surface area contributed by atoms with Gasteiger partial charge in [0.05, 0.1) is 0 Å². The number of hydrogen-bond acceptors (Lipinski definition) is 4. The van der Waals surface area contributed by atoms with Gasteiger partial charge < -0.3 is 0 Å². The number of aromatic nitrogens is 3. The molecule has 1 aromatic heterocycles. The lowest BCUT2D eigenvalue weighted by atomic mass is 10.7. The molecule has 1 heterocycles. The average Bonchev–Trinajstić information content (AvgIpc) is 2.50. The van der Waals surface area contributed by atoms with Crippen LogP contribution in [0.15, 0.2) is 5.16 Å². The van der Waals surface area contributed by atoms with E-state index in [0.717, 1.165) is 0 Å². The third kappa shape index (κ3) is 3.20.